The van der Waals surface area contributed by atoms with E-state index >= 15 is 0 Å². The molecule has 0 amide bonds. The van der Waals surface area contributed by atoms with Crippen LogP contribution in [0.15, 0.2) is 24.3 Å². The minimum atomic E-state index is 0.754. The number of hydrogen-bond donors (Lipinski definition) is 1. The van der Waals surface area contributed by atoms with Crippen LogP contribution in [0.3, 0.4) is 0 Å². The first kappa shape index (κ1) is 7.95. The fraction of sp³-hybridized carbons (Fsp3) is 0.333. The lowest BCUT2D eigenvalue weighted by atomic mass is 10.2. The van der Waals surface area contributed by atoms with Crippen molar-refractivity contribution in [3.8, 4) is 5.75 Å². The van der Waals surface area contributed by atoms with Crippen molar-refractivity contribution >= 4 is 11.9 Å². The molecule has 0 spiro atoms. The molecule has 1 aliphatic rings. The van der Waals surface area contributed by atoms with Gasteiger partial charge in [0.05, 0.1) is 0 Å². The summed E-state index contributed by atoms with van der Waals surface area (Å²) in [7, 11) is 0. The first-order chi connectivity index (χ1) is 5.97. The predicted molar refractivity (Wildman–Crippen MR) is 51.2 cm³/mol. The molecule has 1 heterocycles. The fourth-order valence-electron chi connectivity index (χ4n) is 1.17. The Morgan fingerprint density at radius 1 is 1.33 bits per heavy atom. The number of para-hydroxylation sites is 1. The third-order valence-electron chi connectivity index (χ3n) is 1.76. The van der Waals surface area contributed by atoms with Gasteiger partial charge in [-0.25, -0.2) is 0 Å². The lowest BCUT2D eigenvalue weighted by molar-refractivity contribution is 0.320. The first-order valence-electron chi connectivity index (χ1n) is 4.02. The molecule has 12 heavy (non-hydrogen) atoms. The normalized spacial score (nSPS) is 17.0. The van der Waals surface area contributed by atoms with Gasteiger partial charge in [-0.2, -0.15) is 0 Å². The largest absolute Gasteiger partial charge is 0.492 e. The molecule has 0 aromatic heterocycles. The summed E-state index contributed by atoms with van der Waals surface area (Å²) >= 11 is 1.74. The summed E-state index contributed by atoms with van der Waals surface area (Å²) in [6.07, 6.45) is 0. The maximum absolute atomic E-state index is 5.55. The van der Waals surface area contributed by atoms with Gasteiger partial charge in [-0.15, -0.1) is 0 Å². The second-order valence-corrected chi connectivity index (χ2v) is 3.51. The molecule has 2 rings (SSSR count). The Kier molecular flexibility index (Phi) is 2.54. The highest BCUT2D eigenvalue weighted by atomic mass is 32.2. The van der Waals surface area contributed by atoms with E-state index in [1.54, 1.807) is 11.9 Å². The van der Waals surface area contributed by atoms with Crippen molar-refractivity contribution in [2.75, 3.05) is 13.2 Å². The van der Waals surface area contributed by atoms with Crippen LogP contribution in [0.1, 0.15) is 5.56 Å². The quantitative estimate of drug-likeness (QED) is 0.617. The molecule has 0 fully saturated rings. The van der Waals surface area contributed by atoms with E-state index < -0.39 is 0 Å². The van der Waals surface area contributed by atoms with Crippen LogP contribution in [-0.4, -0.2) is 13.2 Å². The molecular formula is C9H11NOS. The van der Waals surface area contributed by atoms with E-state index in [9.17, 15) is 0 Å². The molecule has 1 aliphatic heterocycles. The van der Waals surface area contributed by atoms with E-state index in [0.29, 0.717) is 0 Å². The number of hydrogen-bond acceptors (Lipinski definition) is 3. The highest BCUT2D eigenvalue weighted by Crippen LogP contribution is 2.22. The molecule has 1 N–H and O–H groups in total. The highest BCUT2D eigenvalue weighted by molar-refractivity contribution is 7.96. The Morgan fingerprint density at radius 3 is 3.25 bits per heavy atom. The van der Waals surface area contributed by atoms with Crippen molar-refractivity contribution in [3.63, 3.8) is 0 Å². The van der Waals surface area contributed by atoms with E-state index in [2.05, 4.69) is 10.8 Å². The average molecular weight is 181 g/mol. The van der Waals surface area contributed by atoms with Crippen LogP contribution in [0.25, 0.3) is 0 Å². The zero-order valence-electron chi connectivity index (χ0n) is 6.75. The van der Waals surface area contributed by atoms with Crippen molar-refractivity contribution in [2.24, 2.45) is 0 Å². The van der Waals surface area contributed by atoms with Crippen LogP contribution < -0.4 is 9.46 Å². The van der Waals surface area contributed by atoms with Gasteiger partial charge in [-0.3, -0.25) is 4.72 Å². The monoisotopic (exact) mass is 181 g/mol. The topological polar surface area (TPSA) is 21.3 Å². The Bertz CT molecular complexity index is 237. The zero-order valence-corrected chi connectivity index (χ0v) is 7.56. The van der Waals surface area contributed by atoms with Gasteiger partial charge in [0.25, 0.3) is 0 Å². The number of ether oxygens (including phenoxy) is 1. The van der Waals surface area contributed by atoms with Crippen molar-refractivity contribution in [1.29, 1.82) is 0 Å². The maximum atomic E-state index is 5.55. The Balaban J connectivity index is 2.24. The molecule has 0 atom stereocenters. The SMILES string of the molecule is c1ccc2c(c1)CSNCCO2. The van der Waals surface area contributed by atoms with E-state index in [-0.39, 0.29) is 0 Å². The molecular weight excluding hydrogens is 170 g/mol. The molecule has 64 valence electrons. The smallest absolute Gasteiger partial charge is 0.123 e. The van der Waals surface area contributed by atoms with Gasteiger partial charge in [-0.1, -0.05) is 30.1 Å². The summed E-state index contributed by atoms with van der Waals surface area (Å²) in [4.78, 5) is 0. The van der Waals surface area contributed by atoms with Crippen LogP contribution in [-0.2, 0) is 5.75 Å². The summed E-state index contributed by atoms with van der Waals surface area (Å²) in [6, 6.07) is 8.19. The van der Waals surface area contributed by atoms with Gasteiger partial charge in [0.2, 0.25) is 0 Å². The Morgan fingerprint density at radius 2 is 2.25 bits per heavy atom. The second-order valence-electron chi connectivity index (χ2n) is 2.64. The molecule has 3 heteroatoms. The van der Waals surface area contributed by atoms with Gasteiger partial charge in [-0.05, 0) is 6.07 Å². The van der Waals surface area contributed by atoms with Crippen molar-refractivity contribution in [1.82, 2.24) is 4.72 Å². The summed E-state index contributed by atoms with van der Waals surface area (Å²) in [5.41, 5.74) is 1.27. The third kappa shape index (κ3) is 1.73. The minimum Gasteiger partial charge on any atom is -0.492 e. The first-order valence-corrected chi connectivity index (χ1v) is 5.01. The van der Waals surface area contributed by atoms with Crippen molar-refractivity contribution < 1.29 is 4.74 Å². The van der Waals surface area contributed by atoms with Crippen LogP contribution in [0.5, 0.6) is 5.75 Å². The summed E-state index contributed by atoms with van der Waals surface area (Å²) in [6.45, 7) is 1.67. The molecule has 2 nitrogen and oxygen atoms in total. The lowest BCUT2D eigenvalue weighted by Gasteiger charge is -2.14. The van der Waals surface area contributed by atoms with E-state index in [0.717, 1.165) is 24.7 Å². The summed E-state index contributed by atoms with van der Waals surface area (Å²) in [5.74, 6) is 2.02. The van der Waals surface area contributed by atoms with Crippen molar-refractivity contribution in [3.05, 3.63) is 29.8 Å². The standard InChI is InChI=1S/C9H11NOS/c1-2-4-9-8(3-1)7-12-10-5-6-11-9/h1-4,10H,5-7H2. The summed E-state index contributed by atoms with van der Waals surface area (Å²) < 4.78 is 8.77. The van der Waals surface area contributed by atoms with Gasteiger partial charge in [0, 0.05) is 17.9 Å². The number of nitrogens with one attached hydrogen (secondary N) is 1. The number of fused-ring (bicyclic) bond motifs is 1. The van der Waals surface area contributed by atoms with Crippen molar-refractivity contribution in [2.45, 2.75) is 5.75 Å². The van der Waals surface area contributed by atoms with E-state index in [1.165, 1.54) is 5.56 Å². The number of rotatable bonds is 0. The summed E-state index contributed by atoms with van der Waals surface area (Å²) in [5, 5.41) is 0. The molecule has 1 aromatic carbocycles. The zero-order chi connectivity index (χ0) is 8.23. The Hall–Kier alpha value is -0.670. The average Bonchev–Trinajstić information content (AvgIpc) is 2.06. The van der Waals surface area contributed by atoms with Crippen LogP contribution in [0, 0.1) is 0 Å². The molecule has 0 aliphatic carbocycles. The molecule has 0 saturated heterocycles. The molecule has 0 bridgehead atoms. The Labute approximate surface area is 76.4 Å². The molecule has 0 saturated carbocycles. The second kappa shape index (κ2) is 3.83. The number of benzene rings is 1. The maximum Gasteiger partial charge on any atom is 0.123 e. The molecule has 0 unspecified atom stereocenters. The lowest BCUT2D eigenvalue weighted by Crippen LogP contribution is -2.17. The van der Waals surface area contributed by atoms with E-state index in [1.807, 2.05) is 18.2 Å². The van der Waals surface area contributed by atoms with Crippen LogP contribution >= 0.6 is 11.9 Å². The van der Waals surface area contributed by atoms with Crippen LogP contribution in [0.2, 0.25) is 0 Å². The van der Waals surface area contributed by atoms with Gasteiger partial charge in [0.15, 0.2) is 0 Å². The minimum absolute atomic E-state index is 0.754. The third-order valence-corrected chi connectivity index (χ3v) is 2.63. The fourth-order valence-corrected chi connectivity index (χ4v) is 1.89. The van der Waals surface area contributed by atoms with Gasteiger partial charge >= 0.3 is 0 Å². The van der Waals surface area contributed by atoms with Crippen LogP contribution in [0.4, 0.5) is 0 Å². The van der Waals surface area contributed by atoms with Gasteiger partial charge < -0.3 is 4.74 Å². The highest BCUT2D eigenvalue weighted by Gasteiger charge is 2.05. The van der Waals surface area contributed by atoms with E-state index in [4.69, 9.17) is 4.74 Å². The molecule has 0 radical (unpaired) electrons. The predicted octanol–water partition coefficient (Wildman–Crippen LogP) is 1.82. The molecule has 1 aromatic rings. The van der Waals surface area contributed by atoms with Gasteiger partial charge in [0.1, 0.15) is 12.4 Å².